The number of carboxylic acid groups (broad SMARTS) is 1. The Hall–Kier alpha value is -1.92. The third kappa shape index (κ3) is 4.33. The Bertz CT molecular complexity index is 662. The van der Waals surface area contributed by atoms with Gasteiger partial charge in [0.05, 0.1) is 11.3 Å². The van der Waals surface area contributed by atoms with Gasteiger partial charge in [0.2, 0.25) is 5.91 Å². The summed E-state index contributed by atoms with van der Waals surface area (Å²) in [6.45, 7) is 4.42. The maximum absolute atomic E-state index is 13.3. The molecule has 2 aliphatic heterocycles. The van der Waals surface area contributed by atoms with Gasteiger partial charge in [0.1, 0.15) is 0 Å². The second-order valence-electron chi connectivity index (χ2n) is 7.61. The van der Waals surface area contributed by atoms with Crippen LogP contribution in [-0.4, -0.2) is 50.0 Å². The third-order valence-electron chi connectivity index (χ3n) is 6.08. The molecule has 0 saturated carbocycles. The van der Waals surface area contributed by atoms with Crippen molar-refractivity contribution in [2.24, 2.45) is 11.8 Å². The molecule has 1 aromatic rings. The van der Waals surface area contributed by atoms with E-state index in [0.717, 1.165) is 24.0 Å². The van der Waals surface area contributed by atoms with Gasteiger partial charge in [-0.1, -0.05) is 24.3 Å². The molecule has 1 unspecified atom stereocenters. The van der Waals surface area contributed by atoms with Crippen LogP contribution in [0.1, 0.15) is 36.8 Å². The van der Waals surface area contributed by atoms with E-state index in [9.17, 15) is 14.7 Å². The van der Waals surface area contributed by atoms with Crippen LogP contribution in [-0.2, 0) is 24.5 Å². The van der Waals surface area contributed by atoms with Crippen molar-refractivity contribution in [3.63, 3.8) is 0 Å². The van der Waals surface area contributed by atoms with E-state index in [1.54, 1.807) is 0 Å². The van der Waals surface area contributed by atoms with Crippen LogP contribution in [0.15, 0.2) is 24.3 Å². The van der Waals surface area contributed by atoms with E-state index in [1.807, 2.05) is 31.2 Å². The van der Waals surface area contributed by atoms with Crippen molar-refractivity contribution >= 4 is 11.9 Å². The molecule has 2 saturated heterocycles. The molecule has 3 rings (SSSR count). The standard InChI is InChI=1S/C21H29NO5/c1-15-4-2-3-5-18(15)21(8-12-27-13-9-21)20(25)22-14-17(19(23)24)16-6-10-26-11-7-16/h2-5,16-17H,6-14H2,1H3,(H,22,25)(H,23,24). The first kappa shape index (κ1) is 19.8. The number of benzene rings is 1. The van der Waals surface area contributed by atoms with Crippen molar-refractivity contribution in [3.8, 4) is 0 Å². The lowest BCUT2D eigenvalue weighted by Gasteiger charge is -2.38. The molecular formula is C21H29NO5. The highest BCUT2D eigenvalue weighted by molar-refractivity contribution is 5.89. The minimum atomic E-state index is -0.848. The number of hydrogen-bond acceptors (Lipinski definition) is 4. The summed E-state index contributed by atoms with van der Waals surface area (Å²) in [5.41, 5.74) is 1.44. The zero-order valence-corrected chi connectivity index (χ0v) is 15.9. The normalized spacial score (nSPS) is 21.4. The predicted molar refractivity (Wildman–Crippen MR) is 101 cm³/mol. The summed E-state index contributed by atoms with van der Waals surface area (Å²) in [7, 11) is 0. The Kier molecular flexibility index (Phi) is 6.50. The van der Waals surface area contributed by atoms with Crippen molar-refractivity contribution in [2.75, 3.05) is 33.0 Å². The zero-order valence-electron chi connectivity index (χ0n) is 15.9. The summed E-state index contributed by atoms with van der Waals surface area (Å²) in [6.07, 6.45) is 2.67. The second-order valence-corrected chi connectivity index (χ2v) is 7.61. The summed E-state index contributed by atoms with van der Waals surface area (Å²) in [5, 5.41) is 12.6. The largest absolute Gasteiger partial charge is 0.481 e. The molecule has 2 aliphatic rings. The predicted octanol–water partition coefficient (Wildman–Crippen LogP) is 2.29. The molecule has 6 heteroatoms. The van der Waals surface area contributed by atoms with Gasteiger partial charge in [-0.05, 0) is 49.7 Å². The fraction of sp³-hybridized carbons (Fsp3) is 0.619. The number of carbonyl (C=O) groups excluding carboxylic acids is 1. The van der Waals surface area contributed by atoms with Crippen molar-refractivity contribution in [3.05, 3.63) is 35.4 Å². The zero-order chi connectivity index (χ0) is 19.3. The average Bonchev–Trinajstić information content (AvgIpc) is 2.69. The molecule has 0 spiro atoms. The van der Waals surface area contributed by atoms with Gasteiger partial charge >= 0.3 is 5.97 Å². The molecule has 1 atom stereocenters. The van der Waals surface area contributed by atoms with Crippen molar-refractivity contribution < 1.29 is 24.2 Å². The summed E-state index contributed by atoms with van der Waals surface area (Å²) >= 11 is 0. The van der Waals surface area contributed by atoms with Crippen LogP contribution >= 0.6 is 0 Å². The molecule has 0 aliphatic carbocycles. The lowest BCUT2D eigenvalue weighted by Crippen LogP contribution is -2.50. The molecule has 2 N–H and O–H groups in total. The summed E-state index contributed by atoms with van der Waals surface area (Å²) in [4.78, 5) is 25.1. The lowest BCUT2D eigenvalue weighted by atomic mass is 9.71. The summed E-state index contributed by atoms with van der Waals surface area (Å²) < 4.78 is 10.9. The van der Waals surface area contributed by atoms with Crippen LogP contribution < -0.4 is 5.32 Å². The molecule has 1 amide bonds. The Labute approximate surface area is 160 Å². The van der Waals surface area contributed by atoms with E-state index in [1.165, 1.54) is 0 Å². The van der Waals surface area contributed by atoms with Gasteiger partial charge in [-0.15, -0.1) is 0 Å². The Morgan fingerprint density at radius 3 is 2.41 bits per heavy atom. The number of nitrogens with one attached hydrogen (secondary N) is 1. The van der Waals surface area contributed by atoms with E-state index in [4.69, 9.17) is 9.47 Å². The fourth-order valence-electron chi connectivity index (χ4n) is 4.39. The number of carboxylic acids is 1. The van der Waals surface area contributed by atoms with Crippen LogP contribution in [0.5, 0.6) is 0 Å². The van der Waals surface area contributed by atoms with Crippen molar-refractivity contribution in [1.82, 2.24) is 5.32 Å². The van der Waals surface area contributed by atoms with Gasteiger partial charge in [-0.3, -0.25) is 9.59 Å². The number of rotatable bonds is 6. The molecule has 0 aromatic heterocycles. The molecular weight excluding hydrogens is 346 g/mol. The lowest BCUT2D eigenvalue weighted by molar-refractivity contribution is -0.145. The topological polar surface area (TPSA) is 84.9 Å². The quantitative estimate of drug-likeness (QED) is 0.797. The number of amides is 1. The Morgan fingerprint density at radius 2 is 1.78 bits per heavy atom. The smallest absolute Gasteiger partial charge is 0.308 e. The van der Waals surface area contributed by atoms with E-state index in [0.29, 0.717) is 39.3 Å². The molecule has 2 fully saturated rings. The van der Waals surface area contributed by atoms with E-state index < -0.39 is 17.3 Å². The highest BCUT2D eigenvalue weighted by Gasteiger charge is 2.43. The number of hydrogen-bond donors (Lipinski definition) is 2. The van der Waals surface area contributed by atoms with Crippen LogP contribution in [0.2, 0.25) is 0 Å². The fourth-order valence-corrected chi connectivity index (χ4v) is 4.39. The van der Waals surface area contributed by atoms with Gasteiger partial charge < -0.3 is 19.9 Å². The Balaban J connectivity index is 1.76. The maximum atomic E-state index is 13.3. The molecule has 27 heavy (non-hydrogen) atoms. The van der Waals surface area contributed by atoms with E-state index in [2.05, 4.69) is 5.32 Å². The van der Waals surface area contributed by atoms with E-state index in [-0.39, 0.29) is 18.4 Å². The second kappa shape index (κ2) is 8.85. The number of carbonyl (C=O) groups is 2. The van der Waals surface area contributed by atoms with Crippen LogP contribution in [0, 0.1) is 18.8 Å². The Morgan fingerprint density at radius 1 is 1.15 bits per heavy atom. The van der Waals surface area contributed by atoms with E-state index >= 15 is 0 Å². The molecule has 2 heterocycles. The highest BCUT2D eigenvalue weighted by Crippen LogP contribution is 2.37. The van der Waals surface area contributed by atoms with Gasteiger partial charge in [0, 0.05) is 33.0 Å². The first-order chi connectivity index (χ1) is 13.0. The third-order valence-corrected chi connectivity index (χ3v) is 6.08. The van der Waals surface area contributed by atoms with Crippen molar-refractivity contribution in [2.45, 2.75) is 38.0 Å². The van der Waals surface area contributed by atoms with Crippen LogP contribution in [0.3, 0.4) is 0 Å². The van der Waals surface area contributed by atoms with Crippen LogP contribution in [0.25, 0.3) is 0 Å². The average molecular weight is 375 g/mol. The van der Waals surface area contributed by atoms with Gasteiger partial charge in [-0.2, -0.15) is 0 Å². The highest BCUT2D eigenvalue weighted by atomic mass is 16.5. The molecule has 148 valence electrons. The SMILES string of the molecule is Cc1ccccc1C1(C(=O)NCC(C(=O)O)C2CCOCC2)CCOCC1. The van der Waals surface area contributed by atoms with Gasteiger partial charge in [-0.25, -0.2) is 0 Å². The van der Waals surface area contributed by atoms with Gasteiger partial charge in [0.25, 0.3) is 0 Å². The summed E-state index contributed by atoms with van der Waals surface area (Å²) in [6, 6.07) is 7.94. The van der Waals surface area contributed by atoms with Gasteiger partial charge in [0.15, 0.2) is 0 Å². The number of aryl methyl sites for hydroxylation is 1. The molecule has 1 aromatic carbocycles. The first-order valence-electron chi connectivity index (χ1n) is 9.77. The monoisotopic (exact) mass is 375 g/mol. The maximum Gasteiger partial charge on any atom is 0.308 e. The molecule has 0 radical (unpaired) electrons. The minimum absolute atomic E-state index is 0.0423. The molecule has 0 bridgehead atoms. The minimum Gasteiger partial charge on any atom is -0.481 e. The van der Waals surface area contributed by atoms with Crippen LogP contribution in [0.4, 0.5) is 0 Å². The number of aliphatic carboxylic acids is 1. The summed E-state index contributed by atoms with van der Waals surface area (Å²) in [5.74, 6) is -1.47. The number of ether oxygens (including phenoxy) is 2. The first-order valence-corrected chi connectivity index (χ1v) is 9.77. The van der Waals surface area contributed by atoms with Crippen molar-refractivity contribution in [1.29, 1.82) is 0 Å². The molecule has 6 nitrogen and oxygen atoms in total.